The maximum Gasteiger partial charge on any atom is 0.0166 e. The molecular formula is C12H22N2. The van der Waals surface area contributed by atoms with Crippen LogP contribution >= 0.6 is 0 Å². The lowest BCUT2D eigenvalue weighted by molar-refractivity contribution is 0.234. The first-order valence-corrected chi connectivity index (χ1v) is 5.95. The third-order valence-electron chi connectivity index (χ3n) is 3.67. The smallest absolute Gasteiger partial charge is 0.0166 e. The van der Waals surface area contributed by atoms with Crippen molar-refractivity contribution in [2.75, 3.05) is 19.6 Å². The second-order valence-electron chi connectivity index (χ2n) is 4.90. The van der Waals surface area contributed by atoms with Crippen LogP contribution in [0, 0.1) is 0 Å². The van der Waals surface area contributed by atoms with Gasteiger partial charge in [0.15, 0.2) is 0 Å². The van der Waals surface area contributed by atoms with Gasteiger partial charge in [-0.2, -0.15) is 0 Å². The first-order chi connectivity index (χ1) is 6.79. The SMILES string of the molecule is NC1(CCN2CC=CC2)CCCCC1. The van der Waals surface area contributed by atoms with Crippen molar-refractivity contribution in [3.63, 3.8) is 0 Å². The van der Waals surface area contributed by atoms with Crippen molar-refractivity contribution in [3.05, 3.63) is 12.2 Å². The predicted molar refractivity (Wildman–Crippen MR) is 60.2 cm³/mol. The number of nitrogens with two attached hydrogens (primary N) is 1. The average Bonchev–Trinajstić information content (AvgIpc) is 2.69. The van der Waals surface area contributed by atoms with E-state index in [2.05, 4.69) is 17.1 Å². The Hall–Kier alpha value is -0.340. The van der Waals surface area contributed by atoms with Crippen LogP contribution in [0.4, 0.5) is 0 Å². The maximum absolute atomic E-state index is 6.39. The molecule has 2 rings (SSSR count). The molecule has 0 amide bonds. The van der Waals surface area contributed by atoms with Crippen LogP contribution in [0.3, 0.4) is 0 Å². The second kappa shape index (κ2) is 4.45. The van der Waals surface area contributed by atoms with Crippen molar-refractivity contribution in [1.82, 2.24) is 4.90 Å². The standard InChI is InChI=1S/C12H22N2/c13-12(6-2-1-3-7-12)8-11-14-9-4-5-10-14/h4-5H,1-3,6-11,13H2. The minimum atomic E-state index is 0.167. The topological polar surface area (TPSA) is 29.3 Å². The van der Waals surface area contributed by atoms with Gasteiger partial charge < -0.3 is 5.73 Å². The van der Waals surface area contributed by atoms with E-state index in [1.165, 1.54) is 45.1 Å². The summed E-state index contributed by atoms with van der Waals surface area (Å²) in [7, 11) is 0. The molecule has 1 aliphatic heterocycles. The molecule has 0 aromatic heterocycles. The van der Waals surface area contributed by atoms with Crippen LogP contribution in [-0.4, -0.2) is 30.1 Å². The van der Waals surface area contributed by atoms with Gasteiger partial charge in [0, 0.05) is 25.2 Å². The van der Waals surface area contributed by atoms with E-state index in [1.54, 1.807) is 0 Å². The van der Waals surface area contributed by atoms with Crippen LogP contribution in [0.25, 0.3) is 0 Å². The summed E-state index contributed by atoms with van der Waals surface area (Å²) >= 11 is 0. The van der Waals surface area contributed by atoms with Crippen LogP contribution in [0.2, 0.25) is 0 Å². The fourth-order valence-electron chi connectivity index (χ4n) is 2.59. The molecule has 80 valence electrons. The van der Waals surface area contributed by atoms with Gasteiger partial charge in [-0.25, -0.2) is 0 Å². The fraction of sp³-hybridized carbons (Fsp3) is 0.833. The van der Waals surface area contributed by atoms with Crippen molar-refractivity contribution >= 4 is 0 Å². The third-order valence-corrected chi connectivity index (χ3v) is 3.67. The molecule has 1 fully saturated rings. The van der Waals surface area contributed by atoms with E-state index < -0.39 is 0 Å². The molecular weight excluding hydrogens is 172 g/mol. The molecule has 1 saturated carbocycles. The molecule has 0 radical (unpaired) electrons. The Bertz CT molecular complexity index is 196. The van der Waals surface area contributed by atoms with Gasteiger partial charge in [-0.15, -0.1) is 0 Å². The molecule has 0 spiro atoms. The zero-order valence-electron chi connectivity index (χ0n) is 9.04. The Balaban J connectivity index is 1.72. The largest absolute Gasteiger partial charge is 0.325 e. The summed E-state index contributed by atoms with van der Waals surface area (Å²) in [6.45, 7) is 3.45. The fourth-order valence-corrected chi connectivity index (χ4v) is 2.59. The Morgan fingerprint density at radius 2 is 1.71 bits per heavy atom. The molecule has 14 heavy (non-hydrogen) atoms. The van der Waals surface area contributed by atoms with Crippen LogP contribution < -0.4 is 5.73 Å². The van der Waals surface area contributed by atoms with E-state index in [0.29, 0.717) is 0 Å². The third kappa shape index (κ3) is 2.58. The highest BCUT2D eigenvalue weighted by Gasteiger charge is 2.27. The van der Waals surface area contributed by atoms with Crippen molar-refractivity contribution in [3.8, 4) is 0 Å². The lowest BCUT2D eigenvalue weighted by Crippen LogP contribution is -2.44. The summed E-state index contributed by atoms with van der Waals surface area (Å²) in [4.78, 5) is 2.48. The highest BCUT2D eigenvalue weighted by atomic mass is 15.1. The molecule has 2 heteroatoms. The number of nitrogens with zero attached hydrogens (tertiary/aromatic N) is 1. The lowest BCUT2D eigenvalue weighted by atomic mass is 9.80. The van der Waals surface area contributed by atoms with Crippen molar-refractivity contribution in [2.24, 2.45) is 5.73 Å². The number of hydrogen-bond donors (Lipinski definition) is 1. The van der Waals surface area contributed by atoms with Gasteiger partial charge in [-0.1, -0.05) is 31.4 Å². The highest BCUT2D eigenvalue weighted by molar-refractivity contribution is 4.96. The highest BCUT2D eigenvalue weighted by Crippen LogP contribution is 2.28. The molecule has 1 heterocycles. The van der Waals surface area contributed by atoms with Gasteiger partial charge in [-0.3, -0.25) is 4.90 Å². The Kier molecular flexibility index (Phi) is 3.24. The summed E-state index contributed by atoms with van der Waals surface area (Å²) in [5.41, 5.74) is 6.56. The Morgan fingerprint density at radius 1 is 1.07 bits per heavy atom. The van der Waals surface area contributed by atoms with Crippen LogP contribution in [-0.2, 0) is 0 Å². The number of hydrogen-bond acceptors (Lipinski definition) is 2. The van der Waals surface area contributed by atoms with Gasteiger partial charge in [0.25, 0.3) is 0 Å². The first kappa shape index (κ1) is 10.2. The Labute approximate surface area is 87.2 Å². The molecule has 2 aliphatic rings. The van der Waals surface area contributed by atoms with E-state index in [-0.39, 0.29) is 5.54 Å². The molecule has 0 atom stereocenters. The molecule has 0 bridgehead atoms. The first-order valence-electron chi connectivity index (χ1n) is 5.95. The average molecular weight is 194 g/mol. The normalized spacial score (nSPS) is 26.9. The minimum absolute atomic E-state index is 0.167. The molecule has 2 N–H and O–H groups in total. The summed E-state index contributed by atoms with van der Waals surface area (Å²) in [6.07, 6.45) is 12.3. The van der Waals surface area contributed by atoms with Gasteiger partial charge in [0.1, 0.15) is 0 Å². The van der Waals surface area contributed by atoms with E-state index in [4.69, 9.17) is 5.73 Å². The summed E-state index contributed by atoms with van der Waals surface area (Å²) in [5, 5.41) is 0. The molecule has 1 aliphatic carbocycles. The van der Waals surface area contributed by atoms with E-state index in [0.717, 1.165) is 13.1 Å². The van der Waals surface area contributed by atoms with Crippen LogP contribution in [0.1, 0.15) is 38.5 Å². The minimum Gasteiger partial charge on any atom is -0.325 e. The van der Waals surface area contributed by atoms with Gasteiger partial charge in [0.2, 0.25) is 0 Å². The molecule has 0 aromatic rings. The maximum atomic E-state index is 6.39. The van der Waals surface area contributed by atoms with Crippen molar-refractivity contribution < 1.29 is 0 Å². The van der Waals surface area contributed by atoms with Crippen LogP contribution in [0.15, 0.2) is 12.2 Å². The molecule has 0 saturated heterocycles. The Morgan fingerprint density at radius 3 is 2.36 bits per heavy atom. The summed E-state index contributed by atoms with van der Waals surface area (Å²) < 4.78 is 0. The van der Waals surface area contributed by atoms with Gasteiger partial charge in [-0.05, 0) is 19.3 Å². The number of rotatable bonds is 3. The predicted octanol–water partition coefficient (Wildman–Crippen LogP) is 1.91. The van der Waals surface area contributed by atoms with Gasteiger partial charge in [0.05, 0.1) is 0 Å². The van der Waals surface area contributed by atoms with Crippen molar-refractivity contribution in [2.45, 2.75) is 44.1 Å². The molecule has 0 unspecified atom stereocenters. The molecule has 0 aromatic carbocycles. The van der Waals surface area contributed by atoms with E-state index in [1.807, 2.05) is 0 Å². The summed E-state index contributed by atoms with van der Waals surface area (Å²) in [6, 6.07) is 0. The van der Waals surface area contributed by atoms with Crippen LogP contribution in [0.5, 0.6) is 0 Å². The van der Waals surface area contributed by atoms with Gasteiger partial charge >= 0.3 is 0 Å². The summed E-state index contributed by atoms with van der Waals surface area (Å²) in [5.74, 6) is 0. The zero-order chi connectivity index (χ0) is 9.86. The molecule has 2 nitrogen and oxygen atoms in total. The van der Waals surface area contributed by atoms with E-state index in [9.17, 15) is 0 Å². The zero-order valence-corrected chi connectivity index (χ0v) is 9.04. The monoisotopic (exact) mass is 194 g/mol. The quantitative estimate of drug-likeness (QED) is 0.695. The lowest BCUT2D eigenvalue weighted by Gasteiger charge is -2.34. The second-order valence-corrected chi connectivity index (χ2v) is 4.90. The van der Waals surface area contributed by atoms with Crippen molar-refractivity contribution in [1.29, 1.82) is 0 Å². The van der Waals surface area contributed by atoms with E-state index >= 15 is 0 Å².